The Balaban J connectivity index is 0.000000145. The number of pyridine rings is 5. The zero-order valence-electron chi connectivity index (χ0n) is 53.5. The first kappa shape index (κ1) is 62.3. The highest BCUT2D eigenvalue weighted by molar-refractivity contribution is 9.11. The lowest BCUT2D eigenvalue weighted by molar-refractivity contribution is 0.590. The van der Waals surface area contributed by atoms with Crippen molar-refractivity contribution >= 4 is 158 Å². The highest BCUT2D eigenvalue weighted by Gasteiger charge is 2.36. The van der Waals surface area contributed by atoms with E-state index in [1.165, 1.54) is 44.1 Å². The molecule has 9 heterocycles. The largest absolute Gasteiger partial charge is 0.304 e. The predicted octanol–water partition coefficient (Wildman–Crippen LogP) is 21.6. The Bertz CT molecular complexity index is 5750. The van der Waals surface area contributed by atoms with Gasteiger partial charge in [0.15, 0.2) is 0 Å². The second-order valence-corrected chi connectivity index (χ2v) is 29.3. The van der Waals surface area contributed by atoms with Crippen molar-refractivity contribution in [2.24, 2.45) is 0 Å². The fraction of sp³-hybridized carbons (Fsp3) is 0.0116. The van der Waals surface area contributed by atoms with Gasteiger partial charge >= 0.3 is 0 Å². The van der Waals surface area contributed by atoms with E-state index in [1.807, 2.05) is 127 Å². The van der Waals surface area contributed by atoms with Gasteiger partial charge in [0.2, 0.25) is 7.14 Å². The van der Waals surface area contributed by atoms with Gasteiger partial charge in [0.1, 0.15) is 53.4 Å². The summed E-state index contributed by atoms with van der Waals surface area (Å²) in [7, 11) is -3.90. The van der Waals surface area contributed by atoms with Gasteiger partial charge in [0.05, 0.1) is 44.1 Å². The van der Waals surface area contributed by atoms with E-state index in [1.54, 1.807) is 0 Å². The zero-order chi connectivity index (χ0) is 67.3. The van der Waals surface area contributed by atoms with Crippen LogP contribution in [0.2, 0.25) is 0 Å². The minimum absolute atomic E-state index is 0.399. The Labute approximate surface area is 600 Å². The van der Waals surface area contributed by atoms with Gasteiger partial charge in [-0.2, -0.15) is 0 Å². The molecule has 0 amide bonds. The molecule has 9 aromatic heterocycles. The van der Waals surface area contributed by atoms with Crippen molar-refractivity contribution in [3.63, 3.8) is 0 Å². The topological polar surface area (TPSA) is 101 Å². The number of halogens is 3. The molecule has 0 bridgehead atoms. The molecule has 10 nitrogen and oxygen atoms in total. The van der Waals surface area contributed by atoms with Crippen molar-refractivity contribution in [2.45, 2.75) is 6.42 Å². The number of para-hydroxylation sites is 8. The lowest BCUT2D eigenvalue weighted by Crippen LogP contribution is -2.32. The maximum absolute atomic E-state index is 16.7. The van der Waals surface area contributed by atoms with Crippen LogP contribution in [0.5, 0.6) is 0 Å². The smallest absolute Gasteiger partial charge is 0.223 e. The van der Waals surface area contributed by atoms with Crippen LogP contribution in [0.4, 0.5) is 0 Å². The van der Waals surface area contributed by atoms with Crippen LogP contribution in [0.25, 0.3) is 122 Å². The van der Waals surface area contributed by atoms with E-state index in [2.05, 4.69) is 282 Å². The van der Waals surface area contributed by atoms with Gasteiger partial charge in [0.25, 0.3) is 0 Å². The van der Waals surface area contributed by atoms with E-state index in [0.29, 0.717) is 33.8 Å². The van der Waals surface area contributed by atoms with E-state index in [9.17, 15) is 0 Å². The number of hydrogen-bond acceptors (Lipinski definition) is 6. The van der Waals surface area contributed by atoms with E-state index < -0.39 is 7.14 Å². The molecule has 1 aliphatic carbocycles. The minimum atomic E-state index is -3.90. The van der Waals surface area contributed by atoms with Crippen LogP contribution in [-0.4, -0.2) is 43.2 Å². The number of hydrogen-bond donors (Lipinski definition) is 0. The Hall–Kier alpha value is -11.2. The lowest BCUT2D eigenvalue weighted by atomic mass is 10.1. The Morgan fingerprint density at radius 3 is 0.710 bits per heavy atom. The second-order valence-electron chi connectivity index (χ2n) is 24.2. The summed E-state index contributed by atoms with van der Waals surface area (Å²) in [6.07, 6.45) is 1.10. The van der Waals surface area contributed by atoms with Crippen LogP contribution >= 0.6 is 54.9 Å². The predicted molar refractivity (Wildman–Crippen MR) is 423 cm³/mol. The summed E-state index contributed by atoms with van der Waals surface area (Å²) < 4.78 is 28.0. The van der Waals surface area contributed by atoms with Gasteiger partial charge in [-0.05, 0) is 186 Å². The van der Waals surface area contributed by atoms with Crippen molar-refractivity contribution in [3.8, 4) is 34.4 Å². The van der Waals surface area contributed by atoms with E-state index >= 15 is 4.57 Å². The molecule has 0 radical (unpaired) electrons. The zero-order valence-corrected chi connectivity index (χ0v) is 59.1. The van der Waals surface area contributed by atoms with Gasteiger partial charge in [-0.25, -0.2) is 24.9 Å². The molecule has 478 valence electrons. The van der Waals surface area contributed by atoms with Gasteiger partial charge in [-0.1, -0.05) is 224 Å². The molecule has 0 saturated heterocycles. The first-order chi connectivity index (χ1) is 49.2. The fourth-order valence-corrected chi connectivity index (χ4v) is 17.7. The number of nitrogens with zero attached hydrogens (tertiary/aromatic N) is 9. The molecule has 0 aliphatic heterocycles. The molecule has 0 N–H and O–H groups in total. The molecule has 0 spiro atoms. The van der Waals surface area contributed by atoms with Crippen LogP contribution in [-0.2, 0) is 11.0 Å². The summed E-state index contributed by atoms with van der Waals surface area (Å²) in [5.41, 5.74) is 15.4. The maximum Gasteiger partial charge on any atom is 0.223 e. The Morgan fingerprint density at radius 1 is 0.230 bits per heavy atom. The first-order valence-corrected chi connectivity index (χ1v) is 36.9. The number of aromatic nitrogens is 9. The van der Waals surface area contributed by atoms with Crippen LogP contribution in [0.3, 0.4) is 0 Å². The normalized spacial score (nSPS) is 11.8. The third-order valence-corrected chi connectivity index (χ3v) is 22.5. The SMILES string of the molecule is Brc1cccc(-n2c3ccccc3c3ccccc32)n1.Brc1cccc(Br)n1.O=P(c1cccc(-n2c3ccccc3c3ccccc32)n1)(c1cccc(-n2c3ccccc3c3ccccc32)n1)c1cccc(-n2c3ccccc3c3ccccc32)n1.c1ccc2c(c1)Cc1ccccc1-2. The third kappa shape index (κ3) is 11.2. The molecule has 19 aromatic rings. The first-order valence-electron chi connectivity index (χ1n) is 32.8. The van der Waals surface area contributed by atoms with Gasteiger partial charge in [-0.15, -0.1) is 0 Å². The molecular weight excluding hydrogens is 1450 g/mol. The van der Waals surface area contributed by atoms with Gasteiger partial charge in [0, 0.05) is 43.1 Å². The average Bonchev–Trinajstić information content (AvgIpc) is 0.968. The number of benzene rings is 10. The summed E-state index contributed by atoms with van der Waals surface area (Å²) in [5.74, 6) is 2.92. The molecule has 0 unspecified atom stereocenters. The summed E-state index contributed by atoms with van der Waals surface area (Å²) >= 11 is 9.89. The standard InChI is InChI=1S/C51H33N6OP.C17H11BrN2.C13H10.C5H3Br2N/c58-59(49-31-13-28-46(52-49)55-40-22-7-1-16-34(40)35-17-2-8-23-41(35)55,50-32-14-29-47(53-50)56-42-24-9-3-18-36(42)37-19-4-10-25-43(37)56)51-33-15-30-48(54-51)57-44-26-11-5-20-38(44)39-21-6-12-27-45(39)57;18-16-10-5-11-17(19-16)20-14-8-3-1-6-12(14)13-7-2-4-9-15(13)20;1-3-7-12-10(5-1)9-11-6-2-4-8-13(11)12;6-4-2-1-3-5(7)8-4/h1-33H;1-11H;1-8H,9H2;1-3H. The molecule has 0 atom stereocenters. The molecule has 14 heteroatoms. The van der Waals surface area contributed by atoms with Crippen LogP contribution in [0.1, 0.15) is 11.1 Å². The number of rotatable bonds is 7. The molecular formula is C86H57Br3N9OP. The van der Waals surface area contributed by atoms with E-state index in [0.717, 1.165) is 91.5 Å². The number of fused-ring (bicyclic) bond motifs is 15. The van der Waals surface area contributed by atoms with Crippen LogP contribution in [0.15, 0.2) is 347 Å². The lowest BCUT2D eigenvalue weighted by Gasteiger charge is -2.20. The highest BCUT2D eigenvalue weighted by atomic mass is 79.9. The summed E-state index contributed by atoms with van der Waals surface area (Å²) in [6, 6.07) is 113. The average molecular weight is 1500 g/mol. The molecule has 100 heavy (non-hydrogen) atoms. The summed E-state index contributed by atoms with van der Waals surface area (Å²) in [5, 5.41) is 9.26. The van der Waals surface area contributed by atoms with Crippen molar-refractivity contribution in [1.82, 2.24) is 43.2 Å². The quantitative estimate of drug-likeness (QED) is 0.116. The molecule has 20 rings (SSSR count). The maximum atomic E-state index is 16.7. The summed E-state index contributed by atoms with van der Waals surface area (Å²) in [6.45, 7) is 0. The van der Waals surface area contributed by atoms with Crippen molar-refractivity contribution in [1.29, 1.82) is 0 Å². The molecule has 1 aliphatic rings. The van der Waals surface area contributed by atoms with E-state index in [-0.39, 0.29) is 0 Å². The third-order valence-electron chi connectivity index (χ3n) is 18.5. The Morgan fingerprint density at radius 2 is 0.450 bits per heavy atom. The molecule has 10 aromatic carbocycles. The second kappa shape index (κ2) is 26.6. The highest BCUT2D eigenvalue weighted by Crippen LogP contribution is 2.44. The van der Waals surface area contributed by atoms with Crippen LogP contribution < -0.4 is 16.3 Å². The monoisotopic (exact) mass is 1500 g/mol. The van der Waals surface area contributed by atoms with E-state index in [4.69, 9.17) is 15.0 Å². The van der Waals surface area contributed by atoms with Crippen LogP contribution in [0, 0.1) is 0 Å². The van der Waals surface area contributed by atoms with Crippen molar-refractivity contribution in [3.05, 3.63) is 359 Å². The molecule has 0 saturated carbocycles. The van der Waals surface area contributed by atoms with Gasteiger partial charge in [-0.3, -0.25) is 18.3 Å². The minimum Gasteiger partial charge on any atom is -0.304 e. The van der Waals surface area contributed by atoms with Gasteiger partial charge < -0.3 is 4.57 Å². The fourth-order valence-electron chi connectivity index (χ4n) is 14.2. The van der Waals surface area contributed by atoms with Crippen molar-refractivity contribution < 1.29 is 4.57 Å². The Kier molecular flexibility index (Phi) is 16.6. The summed E-state index contributed by atoms with van der Waals surface area (Å²) in [4.78, 5) is 24.6. The molecule has 0 fully saturated rings. The van der Waals surface area contributed by atoms with Crippen molar-refractivity contribution in [2.75, 3.05) is 0 Å².